The van der Waals surface area contributed by atoms with E-state index >= 15 is 0 Å². The van der Waals surface area contributed by atoms with Gasteiger partial charge in [-0.15, -0.1) is 0 Å². The van der Waals surface area contributed by atoms with E-state index < -0.39 is 5.97 Å². The average Bonchev–Trinajstić information content (AvgIpc) is 2.31. The van der Waals surface area contributed by atoms with Crippen molar-refractivity contribution in [1.82, 2.24) is 15.2 Å². The van der Waals surface area contributed by atoms with Gasteiger partial charge in [0.15, 0.2) is 0 Å². The maximum atomic E-state index is 11.7. The Bertz CT molecular complexity index is 429. The summed E-state index contributed by atoms with van der Waals surface area (Å²) in [6, 6.07) is 5.35. The fraction of sp³-hybridized carbons (Fsp3) is 0.417. The minimum atomic E-state index is -0.812. The zero-order valence-electron chi connectivity index (χ0n) is 9.87. The van der Waals surface area contributed by atoms with E-state index in [9.17, 15) is 9.59 Å². The van der Waals surface area contributed by atoms with Gasteiger partial charge in [0, 0.05) is 25.2 Å². The first-order chi connectivity index (χ1) is 8.65. The number of carbonyl (C=O) groups is 2. The molecule has 18 heavy (non-hydrogen) atoms. The highest BCUT2D eigenvalue weighted by molar-refractivity contribution is 5.75. The second-order valence-corrected chi connectivity index (χ2v) is 4.35. The molecule has 2 heterocycles. The van der Waals surface area contributed by atoms with Gasteiger partial charge in [0.25, 0.3) is 0 Å². The Morgan fingerprint density at radius 2 is 2.22 bits per heavy atom. The Labute approximate surface area is 105 Å². The van der Waals surface area contributed by atoms with Gasteiger partial charge >= 0.3 is 12.0 Å². The molecule has 1 aliphatic rings. The number of carboxylic acids is 1. The first kappa shape index (κ1) is 12.3. The van der Waals surface area contributed by atoms with Crippen LogP contribution in [-0.2, 0) is 11.3 Å². The van der Waals surface area contributed by atoms with Crippen molar-refractivity contribution in [2.45, 2.75) is 13.0 Å². The SMILES string of the molecule is O=C(O)CC1CN(C(=O)NCc2ccccn2)C1. The lowest BCUT2D eigenvalue weighted by Gasteiger charge is -2.38. The van der Waals surface area contributed by atoms with Crippen molar-refractivity contribution in [3.05, 3.63) is 30.1 Å². The molecule has 0 saturated carbocycles. The van der Waals surface area contributed by atoms with E-state index in [2.05, 4.69) is 10.3 Å². The van der Waals surface area contributed by atoms with E-state index in [4.69, 9.17) is 5.11 Å². The molecule has 1 aromatic heterocycles. The van der Waals surface area contributed by atoms with Crippen LogP contribution in [0.5, 0.6) is 0 Å². The predicted molar refractivity (Wildman–Crippen MR) is 63.8 cm³/mol. The second kappa shape index (κ2) is 5.48. The normalized spacial score (nSPS) is 15.0. The number of aromatic nitrogens is 1. The number of carbonyl (C=O) groups excluding carboxylic acids is 1. The van der Waals surface area contributed by atoms with Crippen molar-refractivity contribution in [3.8, 4) is 0 Å². The van der Waals surface area contributed by atoms with E-state index in [1.54, 1.807) is 11.1 Å². The van der Waals surface area contributed by atoms with Gasteiger partial charge in [0.2, 0.25) is 0 Å². The van der Waals surface area contributed by atoms with Crippen LogP contribution in [0.3, 0.4) is 0 Å². The van der Waals surface area contributed by atoms with Crippen molar-refractivity contribution in [1.29, 1.82) is 0 Å². The monoisotopic (exact) mass is 249 g/mol. The van der Waals surface area contributed by atoms with E-state index in [0.29, 0.717) is 19.6 Å². The maximum Gasteiger partial charge on any atom is 0.317 e. The first-order valence-electron chi connectivity index (χ1n) is 5.79. The zero-order chi connectivity index (χ0) is 13.0. The number of amides is 2. The average molecular weight is 249 g/mol. The minimum Gasteiger partial charge on any atom is -0.481 e. The fourth-order valence-corrected chi connectivity index (χ4v) is 1.89. The lowest BCUT2D eigenvalue weighted by molar-refractivity contribution is -0.139. The third-order valence-electron chi connectivity index (χ3n) is 2.85. The van der Waals surface area contributed by atoms with Crippen molar-refractivity contribution in [3.63, 3.8) is 0 Å². The van der Waals surface area contributed by atoms with Gasteiger partial charge in [-0.05, 0) is 12.1 Å². The summed E-state index contributed by atoms with van der Waals surface area (Å²) in [7, 11) is 0. The van der Waals surface area contributed by atoms with Gasteiger partial charge < -0.3 is 15.3 Å². The van der Waals surface area contributed by atoms with Crippen LogP contribution < -0.4 is 5.32 Å². The number of carboxylic acid groups (broad SMARTS) is 1. The Hall–Kier alpha value is -2.11. The molecule has 0 atom stereocenters. The third kappa shape index (κ3) is 3.19. The summed E-state index contributed by atoms with van der Waals surface area (Å²) in [6.45, 7) is 1.42. The van der Waals surface area contributed by atoms with Crippen LogP contribution in [0.1, 0.15) is 12.1 Å². The maximum absolute atomic E-state index is 11.7. The molecule has 0 radical (unpaired) electrons. The molecule has 2 N–H and O–H groups in total. The molecule has 96 valence electrons. The van der Waals surface area contributed by atoms with Crippen LogP contribution >= 0.6 is 0 Å². The molecular weight excluding hydrogens is 234 g/mol. The Morgan fingerprint density at radius 3 is 2.83 bits per heavy atom. The topological polar surface area (TPSA) is 82.5 Å². The fourth-order valence-electron chi connectivity index (χ4n) is 1.89. The van der Waals surface area contributed by atoms with Gasteiger partial charge in [-0.1, -0.05) is 6.07 Å². The molecule has 0 spiro atoms. The quantitative estimate of drug-likeness (QED) is 0.822. The van der Waals surface area contributed by atoms with Crippen LogP contribution in [0.2, 0.25) is 0 Å². The van der Waals surface area contributed by atoms with Crippen LogP contribution in [0, 0.1) is 5.92 Å². The number of nitrogens with zero attached hydrogens (tertiary/aromatic N) is 2. The molecule has 0 aromatic carbocycles. The summed E-state index contributed by atoms with van der Waals surface area (Å²) in [4.78, 5) is 27.8. The van der Waals surface area contributed by atoms with E-state index in [0.717, 1.165) is 5.69 Å². The van der Waals surface area contributed by atoms with E-state index in [1.165, 1.54) is 0 Å². The Kier molecular flexibility index (Phi) is 3.76. The summed E-state index contributed by atoms with van der Waals surface area (Å²) in [5, 5.41) is 11.4. The largest absolute Gasteiger partial charge is 0.481 e. The molecule has 0 aliphatic carbocycles. The van der Waals surface area contributed by atoms with E-state index in [1.807, 2.05) is 18.2 Å². The number of nitrogens with one attached hydrogen (secondary N) is 1. The first-order valence-corrected chi connectivity index (χ1v) is 5.79. The summed E-state index contributed by atoms with van der Waals surface area (Å²) < 4.78 is 0. The number of likely N-dealkylation sites (tertiary alicyclic amines) is 1. The molecular formula is C12H15N3O3. The smallest absolute Gasteiger partial charge is 0.317 e. The van der Waals surface area contributed by atoms with E-state index in [-0.39, 0.29) is 18.4 Å². The van der Waals surface area contributed by atoms with Gasteiger partial charge in [0.05, 0.1) is 18.7 Å². The lowest BCUT2D eigenvalue weighted by atomic mass is 9.97. The van der Waals surface area contributed by atoms with Gasteiger partial charge in [-0.2, -0.15) is 0 Å². The van der Waals surface area contributed by atoms with Crippen molar-refractivity contribution >= 4 is 12.0 Å². The van der Waals surface area contributed by atoms with Crippen LogP contribution in [0.4, 0.5) is 4.79 Å². The standard InChI is InChI=1S/C12H15N3O3/c16-11(17)5-9-7-15(8-9)12(18)14-6-10-3-1-2-4-13-10/h1-4,9H,5-8H2,(H,14,18)(H,16,17). The van der Waals surface area contributed by atoms with Crippen molar-refractivity contribution in [2.24, 2.45) is 5.92 Å². The van der Waals surface area contributed by atoms with Crippen LogP contribution in [0.15, 0.2) is 24.4 Å². The molecule has 0 unspecified atom stereocenters. The van der Waals surface area contributed by atoms with Crippen LogP contribution in [0.25, 0.3) is 0 Å². The molecule has 6 heteroatoms. The lowest BCUT2D eigenvalue weighted by Crippen LogP contribution is -2.54. The predicted octanol–water partition coefficient (Wildman–Crippen LogP) is 0.698. The highest BCUT2D eigenvalue weighted by atomic mass is 16.4. The Balaban J connectivity index is 1.70. The summed E-state index contributed by atoms with van der Waals surface area (Å²) in [5.41, 5.74) is 0.799. The number of rotatable bonds is 4. The number of pyridine rings is 1. The van der Waals surface area contributed by atoms with Gasteiger partial charge in [-0.3, -0.25) is 9.78 Å². The molecule has 2 rings (SSSR count). The number of urea groups is 1. The number of aliphatic carboxylic acids is 1. The second-order valence-electron chi connectivity index (χ2n) is 4.35. The molecule has 1 aromatic rings. The molecule has 0 bridgehead atoms. The molecule has 1 fully saturated rings. The minimum absolute atomic E-state index is 0.0862. The number of hydrogen-bond donors (Lipinski definition) is 2. The van der Waals surface area contributed by atoms with Crippen LogP contribution in [-0.4, -0.2) is 40.1 Å². The zero-order valence-corrected chi connectivity index (χ0v) is 9.87. The van der Waals surface area contributed by atoms with Crippen molar-refractivity contribution in [2.75, 3.05) is 13.1 Å². The number of hydrogen-bond acceptors (Lipinski definition) is 3. The highest BCUT2D eigenvalue weighted by Crippen LogP contribution is 2.18. The van der Waals surface area contributed by atoms with Gasteiger partial charge in [-0.25, -0.2) is 4.79 Å². The molecule has 6 nitrogen and oxygen atoms in total. The summed E-state index contributed by atoms with van der Waals surface area (Å²) in [5.74, 6) is -0.725. The summed E-state index contributed by atoms with van der Waals surface area (Å²) >= 11 is 0. The highest BCUT2D eigenvalue weighted by Gasteiger charge is 2.31. The molecule has 1 saturated heterocycles. The molecule has 1 aliphatic heterocycles. The van der Waals surface area contributed by atoms with Gasteiger partial charge in [0.1, 0.15) is 0 Å². The molecule has 2 amide bonds. The van der Waals surface area contributed by atoms with Crippen molar-refractivity contribution < 1.29 is 14.7 Å². The summed E-state index contributed by atoms with van der Waals surface area (Å²) in [6.07, 6.45) is 1.80. The third-order valence-corrected chi connectivity index (χ3v) is 2.85. The Morgan fingerprint density at radius 1 is 1.44 bits per heavy atom.